The summed E-state index contributed by atoms with van der Waals surface area (Å²) >= 11 is 5.81. The Bertz CT molecular complexity index is 711. The molecule has 0 aromatic carbocycles. The Kier molecular flexibility index (Phi) is 5.06. The SMILES string of the molecule is COc1nc(Cl)nc2cnn(CCOC(C(=O)O)C(C)(C)C)c12. The molecule has 0 aliphatic carbocycles. The van der Waals surface area contributed by atoms with Gasteiger partial charge in [-0.05, 0) is 17.0 Å². The molecule has 23 heavy (non-hydrogen) atoms. The molecule has 2 aromatic rings. The van der Waals surface area contributed by atoms with E-state index < -0.39 is 17.5 Å². The summed E-state index contributed by atoms with van der Waals surface area (Å²) in [5, 5.41) is 13.5. The van der Waals surface area contributed by atoms with Gasteiger partial charge < -0.3 is 14.6 Å². The predicted octanol–water partition coefficient (Wildman–Crippen LogP) is 2.00. The van der Waals surface area contributed by atoms with E-state index in [1.165, 1.54) is 7.11 Å². The number of hydrogen-bond donors (Lipinski definition) is 1. The van der Waals surface area contributed by atoms with Gasteiger partial charge in [-0.3, -0.25) is 4.68 Å². The summed E-state index contributed by atoms with van der Waals surface area (Å²) < 4.78 is 12.3. The van der Waals surface area contributed by atoms with Crippen molar-refractivity contribution in [1.82, 2.24) is 19.7 Å². The van der Waals surface area contributed by atoms with E-state index >= 15 is 0 Å². The van der Waals surface area contributed by atoms with Crippen LogP contribution in [-0.4, -0.2) is 50.6 Å². The van der Waals surface area contributed by atoms with E-state index in [0.29, 0.717) is 23.5 Å². The van der Waals surface area contributed by atoms with Crippen molar-refractivity contribution in [1.29, 1.82) is 0 Å². The zero-order chi connectivity index (χ0) is 17.2. The van der Waals surface area contributed by atoms with Gasteiger partial charge in [0.15, 0.2) is 6.10 Å². The Balaban J connectivity index is 2.15. The van der Waals surface area contributed by atoms with E-state index in [4.69, 9.17) is 21.1 Å². The van der Waals surface area contributed by atoms with Gasteiger partial charge in [0, 0.05) is 0 Å². The average Bonchev–Trinajstić information content (AvgIpc) is 2.83. The molecule has 0 fully saturated rings. The molecule has 126 valence electrons. The van der Waals surface area contributed by atoms with E-state index in [1.807, 2.05) is 20.8 Å². The molecule has 0 saturated heterocycles. The first-order chi connectivity index (χ1) is 10.7. The van der Waals surface area contributed by atoms with Crippen LogP contribution in [0.2, 0.25) is 5.28 Å². The molecular weight excluding hydrogens is 324 g/mol. The number of fused-ring (bicyclic) bond motifs is 1. The molecular formula is C14H19ClN4O4. The first-order valence-electron chi connectivity index (χ1n) is 7.01. The topological polar surface area (TPSA) is 99.4 Å². The Morgan fingerprint density at radius 3 is 2.70 bits per heavy atom. The highest BCUT2D eigenvalue weighted by molar-refractivity contribution is 6.28. The Hall–Kier alpha value is -1.93. The zero-order valence-electron chi connectivity index (χ0n) is 13.4. The molecule has 2 aromatic heterocycles. The molecule has 2 heterocycles. The number of ether oxygens (including phenoxy) is 2. The summed E-state index contributed by atoms with van der Waals surface area (Å²) in [6.45, 7) is 5.96. The number of carbonyl (C=O) groups is 1. The van der Waals surface area contributed by atoms with Crippen LogP contribution in [0.3, 0.4) is 0 Å². The smallest absolute Gasteiger partial charge is 0.333 e. The lowest BCUT2D eigenvalue weighted by atomic mass is 9.89. The molecule has 2 rings (SSSR count). The molecule has 0 saturated carbocycles. The van der Waals surface area contributed by atoms with Crippen molar-refractivity contribution in [3.8, 4) is 5.88 Å². The van der Waals surface area contributed by atoms with Gasteiger partial charge >= 0.3 is 5.97 Å². The molecule has 8 nitrogen and oxygen atoms in total. The number of carboxylic acid groups (broad SMARTS) is 1. The molecule has 0 radical (unpaired) electrons. The van der Waals surface area contributed by atoms with Crippen LogP contribution in [0.15, 0.2) is 6.20 Å². The first kappa shape index (κ1) is 17.4. The number of aromatic nitrogens is 4. The Morgan fingerprint density at radius 1 is 1.43 bits per heavy atom. The van der Waals surface area contributed by atoms with Gasteiger partial charge in [0.1, 0.15) is 11.0 Å². The van der Waals surface area contributed by atoms with Crippen molar-refractivity contribution in [2.75, 3.05) is 13.7 Å². The first-order valence-corrected chi connectivity index (χ1v) is 7.39. The molecule has 0 amide bonds. The molecule has 1 atom stereocenters. The fourth-order valence-electron chi connectivity index (χ4n) is 2.20. The van der Waals surface area contributed by atoms with Crippen molar-refractivity contribution < 1.29 is 19.4 Å². The Labute approximate surface area is 138 Å². The number of methoxy groups -OCH3 is 1. The monoisotopic (exact) mass is 342 g/mol. The molecule has 0 bridgehead atoms. The minimum Gasteiger partial charge on any atom is -0.479 e. The van der Waals surface area contributed by atoms with Gasteiger partial charge in [-0.15, -0.1) is 0 Å². The van der Waals surface area contributed by atoms with Crippen molar-refractivity contribution in [3.05, 3.63) is 11.5 Å². The lowest BCUT2D eigenvalue weighted by molar-refractivity contribution is -0.158. The number of nitrogens with zero attached hydrogens (tertiary/aromatic N) is 4. The predicted molar refractivity (Wildman–Crippen MR) is 83.7 cm³/mol. The van der Waals surface area contributed by atoms with Crippen LogP contribution < -0.4 is 4.74 Å². The fraction of sp³-hybridized carbons (Fsp3) is 0.571. The van der Waals surface area contributed by atoms with Crippen LogP contribution in [0.1, 0.15) is 20.8 Å². The maximum atomic E-state index is 11.3. The van der Waals surface area contributed by atoms with Crippen LogP contribution in [-0.2, 0) is 16.1 Å². The van der Waals surface area contributed by atoms with Gasteiger partial charge in [0.25, 0.3) is 0 Å². The number of carboxylic acids is 1. The van der Waals surface area contributed by atoms with E-state index in [0.717, 1.165) is 0 Å². The lowest BCUT2D eigenvalue weighted by Crippen LogP contribution is -2.37. The van der Waals surface area contributed by atoms with Crippen LogP contribution in [0, 0.1) is 5.41 Å². The summed E-state index contributed by atoms with van der Waals surface area (Å²) in [6.07, 6.45) is 0.640. The average molecular weight is 343 g/mol. The van der Waals surface area contributed by atoms with Gasteiger partial charge in [-0.2, -0.15) is 10.1 Å². The lowest BCUT2D eigenvalue weighted by Gasteiger charge is -2.26. The molecule has 0 aliphatic heterocycles. The van der Waals surface area contributed by atoms with Gasteiger partial charge in [0.05, 0.1) is 26.5 Å². The highest BCUT2D eigenvalue weighted by Crippen LogP contribution is 2.25. The third-order valence-corrected chi connectivity index (χ3v) is 3.39. The van der Waals surface area contributed by atoms with Gasteiger partial charge in [-0.1, -0.05) is 20.8 Å². The number of aliphatic carboxylic acids is 1. The highest BCUT2D eigenvalue weighted by Gasteiger charge is 2.32. The zero-order valence-corrected chi connectivity index (χ0v) is 14.2. The number of halogens is 1. The summed E-state index contributed by atoms with van der Waals surface area (Å²) in [7, 11) is 1.48. The van der Waals surface area contributed by atoms with E-state index in [1.54, 1.807) is 10.9 Å². The maximum absolute atomic E-state index is 11.3. The number of hydrogen-bond acceptors (Lipinski definition) is 6. The minimum atomic E-state index is -0.990. The third-order valence-electron chi connectivity index (χ3n) is 3.22. The van der Waals surface area contributed by atoms with Crippen LogP contribution in [0.5, 0.6) is 5.88 Å². The minimum absolute atomic E-state index is 0.0730. The maximum Gasteiger partial charge on any atom is 0.333 e. The molecule has 9 heteroatoms. The Morgan fingerprint density at radius 2 is 2.13 bits per heavy atom. The molecule has 1 unspecified atom stereocenters. The summed E-state index contributed by atoms with van der Waals surface area (Å²) in [6, 6.07) is 0. The fourth-order valence-corrected chi connectivity index (χ4v) is 2.37. The summed E-state index contributed by atoms with van der Waals surface area (Å²) in [5.41, 5.74) is 0.627. The van der Waals surface area contributed by atoms with E-state index in [-0.39, 0.29) is 11.9 Å². The quantitative estimate of drug-likeness (QED) is 0.801. The normalized spacial score (nSPS) is 13.3. The summed E-state index contributed by atoms with van der Waals surface area (Å²) in [4.78, 5) is 19.4. The van der Waals surface area contributed by atoms with Crippen molar-refractivity contribution in [2.24, 2.45) is 5.41 Å². The summed E-state index contributed by atoms with van der Waals surface area (Å²) in [5.74, 6) is -0.682. The van der Waals surface area contributed by atoms with Crippen LogP contribution in [0.25, 0.3) is 11.0 Å². The van der Waals surface area contributed by atoms with Crippen LogP contribution in [0.4, 0.5) is 0 Å². The van der Waals surface area contributed by atoms with E-state index in [2.05, 4.69) is 15.1 Å². The molecule has 0 aliphatic rings. The largest absolute Gasteiger partial charge is 0.479 e. The standard InChI is InChI=1S/C14H19ClN4O4/c1-14(2,3)10(12(20)21)23-6-5-19-9-8(7-16-19)17-13(15)18-11(9)22-4/h7,10H,5-6H2,1-4H3,(H,20,21). The molecule has 0 spiro atoms. The van der Waals surface area contributed by atoms with Gasteiger partial charge in [0.2, 0.25) is 11.2 Å². The van der Waals surface area contributed by atoms with Crippen molar-refractivity contribution in [2.45, 2.75) is 33.4 Å². The van der Waals surface area contributed by atoms with Gasteiger partial charge in [-0.25, -0.2) is 9.78 Å². The van der Waals surface area contributed by atoms with Crippen LogP contribution >= 0.6 is 11.6 Å². The second-order valence-electron chi connectivity index (χ2n) is 6.06. The molecule has 1 N–H and O–H groups in total. The second-order valence-corrected chi connectivity index (χ2v) is 6.40. The second kappa shape index (κ2) is 6.67. The van der Waals surface area contributed by atoms with Crippen molar-refractivity contribution >= 4 is 28.6 Å². The van der Waals surface area contributed by atoms with Crippen molar-refractivity contribution in [3.63, 3.8) is 0 Å². The van der Waals surface area contributed by atoms with E-state index in [9.17, 15) is 9.90 Å². The highest BCUT2D eigenvalue weighted by atomic mass is 35.5. The third kappa shape index (κ3) is 3.89. The number of rotatable bonds is 6.